The number of ether oxygens (including phenoxy) is 3. The van der Waals surface area contributed by atoms with Crippen LogP contribution in [0.15, 0.2) is 24.3 Å². The zero-order valence-corrected chi connectivity index (χ0v) is 18.7. The van der Waals surface area contributed by atoms with Gasteiger partial charge in [0.05, 0.1) is 25.4 Å². The van der Waals surface area contributed by atoms with E-state index in [1.54, 1.807) is 41.5 Å². The highest BCUT2D eigenvalue weighted by Crippen LogP contribution is 2.20. The normalized spacial score (nSPS) is 12.8. The number of aryl methyl sites for hydroxylation is 1. The number of hydrogen-bond acceptors (Lipinski definition) is 6. The summed E-state index contributed by atoms with van der Waals surface area (Å²) in [5, 5.41) is 0. The van der Waals surface area contributed by atoms with Gasteiger partial charge in [-0.2, -0.15) is 0 Å². The minimum Gasteiger partial charge on any atom is -0.465 e. The fourth-order valence-corrected chi connectivity index (χ4v) is 2.51. The lowest BCUT2D eigenvalue weighted by Crippen LogP contribution is -2.33. The first-order valence-electron chi connectivity index (χ1n) is 9.91. The van der Waals surface area contributed by atoms with Crippen molar-refractivity contribution in [2.75, 3.05) is 6.61 Å². The van der Waals surface area contributed by atoms with Crippen molar-refractivity contribution in [2.45, 2.75) is 78.9 Å². The van der Waals surface area contributed by atoms with Crippen LogP contribution < -0.4 is 0 Å². The first kappa shape index (κ1) is 24.7. The second-order valence-electron chi connectivity index (χ2n) is 9.18. The monoisotopic (exact) mass is 406 g/mol. The van der Waals surface area contributed by atoms with Crippen LogP contribution in [-0.2, 0) is 35.0 Å². The molecule has 0 bridgehead atoms. The topological polar surface area (TPSA) is 78.9 Å². The van der Waals surface area contributed by atoms with Crippen molar-refractivity contribution < 1.29 is 28.6 Å². The molecule has 0 aliphatic carbocycles. The third kappa shape index (κ3) is 11.3. The molecular formula is C23H34O6. The summed E-state index contributed by atoms with van der Waals surface area (Å²) in [4.78, 5) is 36.9. The van der Waals surface area contributed by atoms with E-state index >= 15 is 0 Å². The minimum atomic E-state index is -0.948. The molecule has 162 valence electrons. The zero-order chi connectivity index (χ0) is 22.2. The number of carbonyl (C=O) groups excluding carboxylic acids is 3. The van der Waals surface area contributed by atoms with Crippen LogP contribution in [0.25, 0.3) is 0 Å². The van der Waals surface area contributed by atoms with Crippen molar-refractivity contribution in [1.29, 1.82) is 0 Å². The van der Waals surface area contributed by atoms with E-state index in [1.165, 1.54) is 0 Å². The molecule has 0 N–H and O–H groups in total. The number of benzene rings is 1. The maximum Gasteiger partial charge on any atom is 0.310 e. The van der Waals surface area contributed by atoms with E-state index in [0.717, 1.165) is 11.1 Å². The molecule has 0 saturated heterocycles. The van der Waals surface area contributed by atoms with Crippen LogP contribution in [0.1, 0.15) is 65.5 Å². The second kappa shape index (κ2) is 10.4. The molecule has 1 aromatic carbocycles. The average molecular weight is 407 g/mol. The van der Waals surface area contributed by atoms with Crippen LogP contribution >= 0.6 is 0 Å². The summed E-state index contributed by atoms with van der Waals surface area (Å²) in [6.45, 7) is 12.6. The summed E-state index contributed by atoms with van der Waals surface area (Å²) in [6.07, 6.45) is 0.108. The summed E-state index contributed by atoms with van der Waals surface area (Å²) in [6, 6.07) is 7.96. The van der Waals surface area contributed by atoms with Crippen LogP contribution in [0.2, 0.25) is 0 Å². The molecule has 1 rings (SSSR count). The second-order valence-corrected chi connectivity index (χ2v) is 9.18. The molecule has 0 unspecified atom stereocenters. The van der Waals surface area contributed by atoms with Crippen molar-refractivity contribution in [3.63, 3.8) is 0 Å². The maximum absolute atomic E-state index is 12.5. The summed E-state index contributed by atoms with van der Waals surface area (Å²) in [5.41, 5.74) is 0.817. The van der Waals surface area contributed by atoms with Gasteiger partial charge in [0.1, 0.15) is 11.2 Å². The number of esters is 3. The van der Waals surface area contributed by atoms with Crippen LogP contribution in [-0.4, -0.2) is 35.7 Å². The van der Waals surface area contributed by atoms with E-state index in [4.69, 9.17) is 14.2 Å². The van der Waals surface area contributed by atoms with Gasteiger partial charge >= 0.3 is 17.9 Å². The minimum absolute atomic E-state index is 0.204. The van der Waals surface area contributed by atoms with Crippen molar-refractivity contribution in [3.8, 4) is 0 Å². The van der Waals surface area contributed by atoms with Gasteiger partial charge in [0.25, 0.3) is 0 Å². The van der Waals surface area contributed by atoms with E-state index in [1.807, 2.05) is 31.2 Å². The maximum atomic E-state index is 12.5. The molecule has 0 aliphatic rings. The van der Waals surface area contributed by atoms with Gasteiger partial charge in [-0.1, -0.05) is 29.8 Å². The predicted molar refractivity (Wildman–Crippen MR) is 110 cm³/mol. The molecule has 0 aromatic heterocycles. The third-order valence-electron chi connectivity index (χ3n) is 3.76. The number of rotatable bonds is 8. The van der Waals surface area contributed by atoms with E-state index in [0.29, 0.717) is 6.42 Å². The van der Waals surface area contributed by atoms with E-state index < -0.39 is 35.0 Å². The first-order chi connectivity index (χ1) is 13.2. The molecule has 1 aromatic rings. The molecule has 1 atom stereocenters. The average Bonchev–Trinajstić information content (AvgIpc) is 2.52. The van der Waals surface area contributed by atoms with Crippen LogP contribution in [0.3, 0.4) is 0 Å². The molecule has 0 heterocycles. The van der Waals surface area contributed by atoms with Crippen LogP contribution in [0.4, 0.5) is 0 Å². The molecule has 29 heavy (non-hydrogen) atoms. The quantitative estimate of drug-likeness (QED) is 0.476. The standard InChI is InChI=1S/C23H34O6/c1-16-8-10-17(11-9-16)12-13-27-19(24)14-18(21(26)29-23(5,6)7)15-20(25)28-22(2,3)4/h8-11,18H,12-15H2,1-7H3/t18-/m0/s1. The summed E-state index contributed by atoms with van der Waals surface area (Å²) < 4.78 is 15.9. The van der Waals surface area contributed by atoms with E-state index in [9.17, 15) is 14.4 Å². The first-order valence-corrected chi connectivity index (χ1v) is 9.91. The Labute approximate surface area is 173 Å². The van der Waals surface area contributed by atoms with Gasteiger partial charge in [0.15, 0.2) is 0 Å². The fraction of sp³-hybridized carbons (Fsp3) is 0.609. The van der Waals surface area contributed by atoms with Gasteiger partial charge < -0.3 is 14.2 Å². The Morgan fingerprint density at radius 2 is 1.34 bits per heavy atom. The Bertz CT molecular complexity index is 692. The lowest BCUT2D eigenvalue weighted by atomic mass is 10.0. The van der Waals surface area contributed by atoms with Crippen LogP contribution in [0.5, 0.6) is 0 Å². The Morgan fingerprint density at radius 1 is 0.828 bits per heavy atom. The van der Waals surface area contributed by atoms with Gasteiger partial charge in [-0.05, 0) is 54.0 Å². The molecule has 6 nitrogen and oxygen atoms in total. The molecule has 0 amide bonds. The predicted octanol–water partition coefficient (Wildman–Crippen LogP) is 4.16. The van der Waals surface area contributed by atoms with Gasteiger partial charge in [-0.15, -0.1) is 0 Å². The van der Waals surface area contributed by atoms with E-state index in [-0.39, 0.29) is 19.4 Å². The molecular weight excluding hydrogens is 372 g/mol. The van der Waals surface area contributed by atoms with Gasteiger partial charge in [-0.25, -0.2) is 0 Å². The Hall–Kier alpha value is -2.37. The lowest BCUT2D eigenvalue weighted by Gasteiger charge is -2.25. The van der Waals surface area contributed by atoms with Gasteiger partial charge in [0, 0.05) is 6.42 Å². The SMILES string of the molecule is Cc1ccc(CCOC(=O)C[C@@H](CC(=O)OC(C)(C)C)C(=O)OC(C)(C)C)cc1. The molecule has 6 heteroatoms. The van der Waals surface area contributed by atoms with E-state index in [2.05, 4.69) is 0 Å². The largest absolute Gasteiger partial charge is 0.465 e. The highest BCUT2D eigenvalue weighted by atomic mass is 16.6. The Balaban J connectivity index is 2.66. The molecule has 0 saturated carbocycles. The smallest absolute Gasteiger partial charge is 0.310 e. The van der Waals surface area contributed by atoms with Gasteiger partial charge in [-0.3, -0.25) is 14.4 Å². The number of hydrogen-bond donors (Lipinski definition) is 0. The highest BCUT2D eigenvalue weighted by molar-refractivity contribution is 5.84. The Morgan fingerprint density at radius 3 is 1.86 bits per heavy atom. The van der Waals surface area contributed by atoms with Crippen molar-refractivity contribution in [3.05, 3.63) is 35.4 Å². The van der Waals surface area contributed by atoms with Crippen molar-refractivity contribution in [1.82, 2.24) is 0 Å². The molecule has 0 fully saturated rings. The Kier molecular flexibility index (Phi) is 8.86. The van der Waals surface area contributed by atoms with Gasteiger partial charge in [0.2, 0.25) is 0 Å². The zero-order valence-electron chi connectivity index (χ0n) is 18.7. The summed E-state index contributed by atoms with van der Waals surface area (Å²) in [7, 11) is 0. The third-order valence-corrected chi connectivity index (χ3v) is 3.76. The fourth-order valence-electron chi connectivity index (χ4n) is 2.51. The summed E-state index contributed by atoms with van der Waals surface area (Å²) in [5.74, 6) is -2.66. The lowest BCUT2D eigenvalue weighted by molar-refractivity contribution is -0.169. The highest BCUT2D eigenvalue weighted by Gasteiger charge is 2.31. The summed E-state index contributed by atoms with van der Waals surface area (Å²) >= 11 is 0. The molecule has 0 aliphatic heterocycles. The van der Waals surface area contributed by atoms with Crippen molar-refractivity contribution >= 4 is 17.9 Å². The van der Waals surface area contributed by atoms with Crippen molar-refractivity contribution in [2.24, 2.45) is 5.92 Å². The molecule has 0 spiro atoms. The van der Waals surface area contributed by atoms with Crippen LogP contribution in [0, 0.1) is 12.8 Å². The molecule has 0 radical (unpaired) electrons. The number of carbonyl (C=O) groups is 3.